The van der Waals surface area contributed by atoms with Crippen LogP contribution >= 0.6 is 0 Å². The highest BCUT2D eigenvalue weighted by Crippen LogP contribution is 2.38. The fourth-order valence-electron chi connectivity index (χ4n) is 5.64. The standard InChI is InChI=1S/C28H26BNOSi/c1-19-11-9-17-25-27(19)30(28-20(2)12-10-18-26(28)32(25,3)4)29-21-13-5-7-15-23(21)31-24-16-8-6-14-22(24)29/h5-18H,1-4H3. The van der Waals surface area contributed by atoms with Gasteiger partial charge in [-0.1, -0.05) is 85.9 Å². The van der Waals surface area contributed by atoms with Crippen LogP contribution < -0.4 is 30.8 Å². The second kappa shape index (κ2) is 6.88. The molecule has 4 aromatic carbocycles. The number of nitrogens with zero attached hydrogens (tertiary/aromatic N) is 1. The fourth-order valence-corrected chi connectivity index (χ4v) is 8.78. The lowest BCUT2D eigenvalue weighted by Gasteiger charge is -2.46. The predicted octanol–water partition coefficient (Wildman–Crippen LogP) is 4.49. The van der Waals surface area contributed by atoms with E-state index in [-0.39, 0.29) is 6.85 Å². The quantitative estimate of drug-likeness (QED) is 0.412. The zero-order chi connectivity index (χ0) is 22.0. The van der Waals surface area contributed by atoms with E-state index in [0.29, 0.717) is 0 Å². The SMILES string of the molecule is Cc1cccc2c1N(B1c3ccccc3Oc3ccccc31)c1c(C)cccc1[Si]2(C)C. The molecule has 0 saturated carbocycles. The van der Waals surface area contributed by atoms with Crippen LogP contribution in [-0.2, 0) is 0 Å². The summed E-state index contributed by atoms with van der Waals surface area (Å²) in [5.74, 6) is 1.90. The van der Waals surface area contributed by atoms with Crippen molar-refractivity contribution in [3.8, 4) is 11.5 Å². The minimum Gasteiger partial charge on any atom is -0.458 e. The number of fused-ring (bicyclic) bond motifs is 4. The summed E-state index contributed by atoms with van der Waals surface area (Å²) < 4.78 is 6.36. The predicted molar refractivity (Wildman–Crippen MR) is 139 cm³/mol. The monoisotopic (exact) mass is 431 g/mol. The van der Waals surface area contributed by atoms with E-state index < -0.39 is 8.07 Å². The number of hydrogen-bond donors (Lipinski definition) is 0. The Labute approximate surface area is 191 Å². The molecule has 0 N–H and O–H groups in total. The van der Waals surface area contributed by atoms with Gasteiger partial charge in [0.1, 0.15) is 19.6 Å². The van der Waals surface area contributed by atoms with E-state index in [9.17, 15) is 0 Å². The maximum absolute atomic E-state index is 6.36. The molecule has 32 heavy (non-hydrogen) atoms. The summed E-state index contributed by atoms with van der Waals surface area (Å²) in [5, 5.41) is 3.02. The van der Waals surface area contributed by atoms with Gasteiger partial charge >= 0.3 is 6.85 Å². The van der Waals surface area contributed by atoms with Crippen LogP contribution in [-0.4, -0.2) is 14.9 Å². The third-order valence-corrected chi connectivity index (χ3v) is 10.7. The molecular formula is C28H26BNOSi. The van der Waals surface area contributed by atoms with E-state index in [1.54, 1.807) is 0 Å². The van der Waals surface area contributed by atoms with E-state index in [2.05, 4.69) is 117 Å². The Morgan fingerprint density at radius 2 is 1.09 bits per heavy atom. The maximum Gasteiger partial charge on any atom is 0.335 e. The second-order valence-corrected chi connectivity index (χ2v) is 13.8. The number of rotatable bonds is 1. The number of benzene rings is 4. The molecule has 0 fully saturated rings. The fraction of sp³-hybridized carbons (Fsp3) is 0.143. The number of anilines is 2. The van der Waals surface area contributed by atoms with Crippen molar-refractivity contribution in [2.24, 2.45) is 0 Å². The molecule has 0 atom stereocenters. The average Bonchev–Trinajstić information content (AvgIpc) is 2.79. The van der Waals surface area contributed by atoms with Crippen molar-refractivity contribution in [2.45, 2.75) is 26.9 Å². The molecule has 0 aliphatic carbocycles. The third kappa shape index (κ3) is 2.59. The van der Waals surface area contributed by atoms with Gasteiger partial charge in [0.05, 0.1) is 0 Å². The molecule has 0 spiro atoms. The van der Waals surface area contributed by atoms with Crippen LogP contribution in [0.2, 0.25) is 13.1 Å². The number of aryl methyl sites for hydroxylation is 2. The normalized spacial score (nSPS) is 15.2. The van der Waals surface area contributed by atoms with E-state index in [4.69, 9.17) is 4.74 Å². The molecule has 4 aromatic rings. The Hall–Kier alpha value is -3.24. The molecule has 156 valence electrons. The van der Waals surface area contributed by atoms with Gasteiger partial charge in [-0.05, 0) is 58.4 Å². The molecule has 2 heterocycles. The first-order valence-corrected chi connectivity index (χ1v) is 14.3. The van der Waals surface area contributed by atoms with Gasteiger partial charge < -0.3 is 9.55 Å². The minimum atomic E-state index is -1.86. The van der Waals surface area contributed by atoms with Crippen molar-refractivity contribution in [3.63, 3.8) is 0 Å². The molecule has 4 heteroatoms. The Balaban J connectivity index is 1.74. The lowest BCUT2D eigenvalue weighted by molar-refractivity contribution is 0.487. The van der Waals surface area contributed by atoms with E-state index in [1.807, 2.05) is 0 Å². The van der Waals surface area contributed by atoms with Crippen LogP contribution in [0, 0.1) is 13.8 Å². The van der Waals surface area contributed by atoms with Crippen LogP contribution in [0.4, 0.5) is 11.4 Å². The lowest BCUT2D eigenvalue weighted by atomic mass is 9.47. The molecule has 0 radical (unpaired) electrons. The van der Waals surface area contributed by atoms with Crippen LogP contribution in [0.25, 0.3) is 0 Å². The van der Waals surface area contributed by atoms with Crippen LogP contribution in [0.15, 0.2) is 84.9 Å². The smallest absolute Gasteiger partial charge is 0.335 e. The van der Waals surface area contributed by atoms with Gasteiger partial charge in [-0.2, -0.15) is 0 Å². The molecule has 0 bridgehead atoms. The van der Waals surface area contributed by atoms with Crippen LogP contribution in [0.1, 0.15) is 11.1 Å². The van der Waals surface area contributed by atoms with Crippen molar-refractivity contribution in [1.29, 1.82) is 0 Å². The molecule has 2 aliphatic heterocycles. The van der Waals surface area contributed by atoms with Crippen molar-refractivity contribution >= 4 is 47.6 Å². The van der Waals surface area contributed by atoms with Crippen molar-refractivity contribution in [2.75, 3.05) is 4.81 Å². The van der Waals surface area contributed by atoms with Gasteiger partial charge in [0.25, 0.3) is 0 Å². The summed E-state index contributed by atoms with van der Waals surface area (Å²) in [4.78, 5) is 2.62. The van der Waals surface area contributed by atoms with Crippen molar-refractivity contribution in [3.05, 3.63) is 96.1 Å². The minimum absolute atomic E-state index is 0.0564. The van der Waals surface area contributed by atoms with Gasteiger partial charge in [0.15, 0.2) is 0 Å². The maximum atomic E-state index is 6.36. The summed E-state index contributed by atoms with van der Waals surface area (Å²) in [6.07, 6.45) is 0. The summed E-state index contributed by atoms with van der Waals surface area (Å²) in [5.41, 5.74) is 7.86. The van der Waals surface area contributed by atoms with Crippen molar-refractivity contribution < 1.29 is 4.74 Å². The highest BCUT2D eigenvalue weighted by molar-refractivity contribution is 7.04. The summed E-state index contributed by atoms with van der Waals surface area (Å²) >= 11 is 0. The average molecular weight is 431 g/mol. The molecule has 0 aromatic heterocycles. The Kier molecular flexibility index (Phi) is 4.18. The molecule has 2 aliphatic rings. The van der Waals surface area contributed by atoms with Gasteiger partial charge in [0.2, 0.25) is 0 Å². The molecule has 0 amide bonds. The second-order valence-electron chi connectivity index (χ2n) is 9.52. The van der Waals surface area contributed by atoms with Gasteiger partial charge in [0, 0.05) is 11.4 Å². The topological polar surface area (TPSA) is 12.5 Å². The molecule has 2 nitrogen and oxygen atoms in total. The Morgan fingerprint density at radius 3 is 1.59 bits per heavy atom. The summed E-state index contributed by atoms with van der Waals surface area (Å²) in [6, 6.07) is 30.7. The highest BCUT2D eigenvalue weighted by Gasteiger charge is 2.45. The lowest BCUT2D eigenvalue weighted by Crippen LogP contribution is -2.66. The first kappa shape index (κ1) is 19.4. The van der Waals surface area contributed by atoms with Gasteiger partial charge in [-0.25, -0.2) is 0 Å². The first-order chi connectivity index (χ1) is 15.5. The van der Waals surface area contributed by atoms with E-state index >= 15 is 0 Å². The number of para-hydroxylation sites is 4. The summed E-state index contributed by atoms with van der Waals surface area (Å²) in [7, 11) is -1.86. The first-order valence-electron chi connectivity index (χ1n) is 11.3. The van der Waals surface area contributed by atoms with Crippen molar-refractivity contribution in [1.82, 2.24) is 0 Å². The van der Waals surface area contributed by atoms with Crippen LogP contribution in [0.5, 0.6) is 11.5 Å². The Bertz CT molecular complexity index is 1280. The summed E-state index contributed by atoms with van der Waals surface area (Å²) in [6.45, 7) is 9.56. The third-order valence-electron chi connectivity index (χ3n) is 7.21. The molecule has 0 saturated heterocycles. The van der Waals surface area contributed by atoms with E-state index in [0.717, 1.165) is 11.5 Å². The number of ether oxygens (including phenoxy) is 1. The van der Waals surface area contributed by atoms with E-state index in [1.165, 1.54) is 43.8 Å². The Morgan fingerprint density at radius 1 is 0.625 bits per heavy atom. The van der Waals surface area contributed by atoms with Crippen LogP contribution in [0.3, 0.4) is 0 Å². The number of hydrogen-bond acceptors (Lipinski definition) is 2. The highest BCUT2D eigenvalue weighted by atomic mass is 28.3. The van der Waals surface area contributed by atoms with Gasteiger partial charge in [-0.15, -0.1) is 0 Å². The molecule has 0 unspecified atom stereocenters. The zero-order valence-corrected chi connectivity index (χ0v) is 20.0. The zero-order valence-electron chi connectivity index (χ0n) is 19.0. The largest absolute Gasteiger partial charge is 0.458 e. The molecular weight excluding hydrogens is 405 g/mol. The van der Waals surface area contributed by atoms with Gasteiger partial charge in [-0.3, -0.25) is 0 Å². The molecule has 6 rings (SSSR count).